The summed E-state index contributed by atoms with van der Waals surface area (Å²) in [7, 11) is 1.80. The molecule has 0 aliphatic rings. The van der Waals surface area contributed by atoms with Crippen molar-refractivity contribution in [2.75, 3.05) is 0 Å². The van der Waals surface area contributed by atoms with Gasteiger partial charge in [-0.05, 0) is 18.2 Å². The van der Waals surface area contributed by atoms with Crippen LogP contribution in [0.4, 0.5) is 0 Å². The quantitative estimate of drug-likeness (QED) is 0.680. The molecule has 0 saturated heterocycles. The van der Waals surface area contributed by atoms with Crippen LogP contribution < -0.4 is 4.74 Å². The number of aromatic nitrogens is 1. The molecule has 0 atom stereocenters. The maximum atomic E-state index is 11.4. The highest BCUT2D eigenvalue weighted by atomic mass is 16.6. The van der Waals surface area contributed by atoms with Crippen LogP contribution in [0, 0.1) is 0 Å². The summed E-state index contributed by atoms with van der Waals surface area (Å²) in [6.07, 6.45) is 3.23. The number of aryl methyl sites for hydroxylation is 1. The Balaban J connectivity index is 2.13. The van der Waals surface area contributed by atoms with Crippen LogP contribution in [0.3, 0.4) is 0 Å². The summed E-state index contributed by atoms with van der Waals surface area (Å²) in [4.78, 5) is 11.4. The van der Waals surface area contributed by atoms with Crippen LogP contribution in [0.15, 0.2) is 41.1 Å². The first-order valence-corrected chi connectivity index (χ1v) is 4.14. The number of furan rings is 1. The van der Waals surface area contributed by atoms with Gasteiger partial charge >= 0.3 is 5.97 Å². The van der Waals surface area contributed by atoms with Gasteiger partial charge < -0.3 is 13.7 Å². The van der Waals surface area contributed by atoms with Crippen molar-refractivity contribution >= 4 is 5.97 Å². The molecule has 0 N–H and O–H groups in total. The molecule has 0 spiro atoms. The lowest BCUT2D eigenvalue weighted by atomic mass is 10.5. The van der Waals surface area contributed by atoms with E-state index in [2.05, 4.69) is 0 Å². The van der Waals surface area contributed by atoms with Crippen LogP contribution >= 0.6 is 0 Å². The van der Waals surface area contributed by atoms with Crippen LogP contribution in [0.25, 0.3) is 0 Å². The molecular weight excluding hydrogens is 182 g/mol. The third-order valence-electron chi connectivity index (χ3n) is 1.82. The predicted octanol–water partition coefficient (Wildman–Crippen LogP) is 1.84. The Bertz CT molecular complexity index is 428. The molecule has 0 radical (unpaired) electrons. The van der Waals surface area contributed by atoms with Crippen LogP contribution in [0.2, 0.25) is 0 Å². The molecule has 0 aliphatic heterocycles. The zero-order chi connectivity index (χ0) is 9.97. The summed E-state index contributed by atoms with van der Waals surface area (Å²) in [6, 6.07) is 6.71. The predicted molar refractivity (Wildman–Crippen MR) is 49.1 cm³/mol. The van der Waals surface area contributed by atoms with Crippen molar-refractivity contribution in [2.24, 2.45) is 7.05 Å². The highest BCUT2D eigenvalue weighted by Gasteiger charge is 2.12. The summed E-state index contributed by atoms with van der Waals surface area (Å²) in [6.45, 7) is 0. The summed E-state index contributed by atoms with van der Waals surface area (Å²) in [5.41, 5.74) is 0. The molecule has 0 unspecified atom stereocenters. The van der Waals surface area contributed by atoms with E-state index >= 15 is 0 Å². The molecule has 4 heteroatoms. The number of esters is 1. The monoisotopic (exact) mass is 191 g/mol. The Hall–Kier alpha value is -1.97. The smallest absolute Gasteiger partial charge is 0.380 e. The number of carbonyl (C=O) groups excluding carboxylic acids is 1. The van der Waals surface area contributed by atoms with E-state index in [-0.39, 0.29) is 5.76 Å². The minimum atomic E-state index is -0.489. The van der Waals surface area contributed by atoms with E-state index in [9.17, 15) is 4.79 Å². The molecule has 0 bridgehead atoms. The summed E-state index contributed by atoms with van der Waals surface area (Å²) in [5.74, 6) is 0.203. The van der Waals surface area contributed by atoms with Crippen LogP contribution in [-0.4, -0.2) is 10.5 Å². The van der Waals surface area contributed by atoms with Crippen molar-refractivity contribution in [1.82, 2.24) is 4.57 Å². The second kappa shape index (κ2) is 3.41. The second-order valence-corrected chi connectivity index (χ2v) is 2.82. The lowest BCUT2D eigenvalue weighted by Crippen LogP contribution is -2.09. The largest absolute Gasteiger partial charge is 0.457 e. The second-order valence-electron chi connectivity index (χ2n) is 2.82. The first-order valence-electron chi connectivity index (χ1n) is 4.14. The fraction of sp³-hybridized carbons (Fsp3) is 0.100. The van der Waals surface area contributed by atoms with E-state index in [0.29, 0.717) is 5.88 Å². The molecule has 0 aliphatic carbocycles. The van der Waals surface area contributed by atoms with Crippen molar-refractivity contribution in [3.8, 4) is 5.88 Å². The normalized spacial score (nSPS) is 10.1. The van der Waals surface area contributed by atoms with Crippen molar-refractivity contribution in [3.63, 3.8) is 0 Å². The molecule has 2 rings (SSSR count). The third kappa shape index (κ3) is 1.54. The average Bonchev–Trinajstić information content (AvgIpc) is 2.77. The van der Waals surface area contributed by atoms with Crippen molar-refractivity contribution in [3.05, 3.63) is 42.5 Å². The topological polar surface area (TPSA) is 44.4 Å². The summed E-state index contributed by atoms with van der Waals surface area (Å²) < 4.78 is 11.7. The summed E-state index contributed by atoms with van der Waals surface area (Å²) >= 11 is 0. The highest BCUT2D eigenvalue weighted by Crippen LogP contribution is 2.12. The average molecular weight is 191 g/mol. The van der Waals surface area contributed by atoms with Gasteiger partial charge in [0.25, 0.3) is 0 Å². The molecule has 2 aromatic heterocycles. The van der Waals surface area contributed by atoms with Crippen LogP contribution in [-0.2, 0) is 7.05 Å². The Morgan fingerprint density at radius 3 is 2.86 bits per heavy atom. The van der Waals surface area contributed by atoms with E-state index < -0.39 is 5.97 Å². The lowest BCUT2D eigenvalue weighted by molar-refractivity contribution is 0.0689. The van der Waals surface area contributed by atoms with Crippen molar-refractivity contribution in [1.29, 1.82) is 0 Å². The van der Waals surface area contributed by atoms with Gasteiger partial charge in [-0.3, -0.25) is 0 Å². The number of rotatable bonds is 2. The fourth-order valence-electron chi connectivity index (χ4n) is 1.09. The van der Waals surface area contributed by atoms with Crippen LogP contribution in [0.1, 0.15) is 10.6 Å². The SMILES string of the molecule is Cn1cccc1OC(=O)c1ccco1. The van der Waals surface area contributed by atoms with Crippen molar-refractivity contribution in [2.45, 2.75) is 0 Å². The minimum absolute atomic E-state index is 0.200. The van der Waals surface area contributed by atoms with Gasteiger partial charge in [0, 0.05) is 19.3 Å². The fourth-order valence-corrected chi connectivity index (χ4v) is 1.09. The minimum Gasteiger partial charge on any atom is -0.457 e. The number of carbonyl (C=O) groups is 1. The van der Waals surface area contributed by atoms with E-state index in [1.54, 1.807) is 42.1 Å². The van der Waals surface area contributed by atoms with Crippen LogP contribution in [0.5, 0.6) is 5.88 Å². The molecule has 2 heterocycles. The van der Waals surface area contributed by atoms with Gasteiger partial charge in [0.05, 0.1) is 6.26 Å². The molecule has 2 aromatic rings. The molecule has 14 heavy (non-hydrogen) atoms. The first kappa shape index (κ1) is 8.62. The third-order valence-corrected chi connectivity index (χ3v) is 1.82. The van der Waals surface area contributed by atoms with Gasteiger partial charge in [0.15, 0.2) is 0 Å². The molecule has 0 amide bonds. The Labute approximate surface area is 80.7 Å². The number of hydrogen-bond donors (Lipinski definition) is 0. The number of nitrogens with zero attached hydrogens (tertiary/aromatic N) is 1. The van der Waals surface area contributed by atoms with Crippen molar-refractivity contribution < 1.29 is 13.9 Å². The first-order chi connectivity index (χ1) is 6.77. The molecule has 4 nitrogen and oxygen atoms in total. The van der Waals surface area contributed by atoms with E-state index in [4.69, 9.17) is 9.15 Å². The Morgan fingerprint density at radius 2 is 2.29 bits per heavy atom. The molecule has 72 valence electrons. The standard InChI is InChI=1S/C10H9NO3/c1-11-6-2-5-9(11)14-10(12)8-4-3-7-13-8/h2-7H,1H3. The molecule has 0 aromatic carbocycles. The Kier molecular flexibility index (Phi) is 2.10. The van der Waals surface area contributed by atoms with Gasteiger partial charge in [-0.25, -0.2) is 4.79 Å². The van der Waals surface area contributed by atoms with E-state index in [0.717, 1.165) is 0 Å². The lowest BCUT2D eigenvalue weighted by Gasteiger charge is -2.02. The molecular formula is C10H9NO3. The molecule has 0 fully saturated rings. The zero-order valence-electron chi connectivity index (χ0n) is 7.64. The molecule has 0 saturated carbocycles. The van der Waals surface area contributed by atoms with E-state index in [1.807, 2.05) is 0 Å². The zero-order valence-corrected chi connectivity index (χ0v) is 7.64. The Morgan fingerprint density at radius 1 is 1.43 bits per heavy atom. The van der Waals surface area contributed by atoms with E-state index in [1.165, 1.54) is 6.26 Å². The highest BCUT2D eigenvalue weighted by molar-refractivity contribution is 5.87. The summed E-state index contributed by atoms with van der Waals surface area (Å²) in [5, 5.41) is 0. The number of hydrogen-bond acceptors (Lipinski definition) is 3. The maximum absolute atomic E-state index is 11.4. The van der Waals surface area contributed by atoms with Gasteiger partial charge in [-0.15, -0.1) is 0 Å². The maximum Gasteiger partial charge on any atom is 0.380 e. The van der Waals surface area contributed by atoms with Gasteiger partial charge in [0.2, 0.25) is 11.6 Å². The number of ether oxygens (including phenoxy) is 1. The van der Waals surface area contributed by atoms with Gasteiger partial charge in [-0.1, -0.05) is 0 Å². The van der Waals surface area contributed by atoms with Gasteiger partial charge in [0.1, 0.15) is 0 Å². The van der Waals surface area contributed by atoms with Gasteiger partial charge in [-0.2, -0.15) is 0 Å².